The fourth-order valence-corrected chi connectivity index (χ4v) is 3.47. The fraction of sp³-hybridized carbons (Fsp3) is 0.550. The van der Waals surface area contributed by atoms with Crippen LogP contribution < -0.4 is 5.32 Å². The summed E-state index contributed by atoms with van der Waals surface area (Å²) < 4.78 is 5.43. The molecule has 0 saturated carbocycles. The average Bonchev–Trinajstić information content (AvgIpc) is 3.19. The molecule has 0 bridgehead atoms. The van der Waals surface area contributed by atoms with Gasteiger partial charge in [0, 0.05) is 6.54 Å². The molecule has 2 amide bonds. The second-order valence-electron chi connectivity index (χ2n) is 6.84. The molecule has 1 saturated heterocycles. The van der Waals surface area contributed by atoms with Gasteiger partial charge in [0.25, 0.3) is 0 Å². The van der Waals surface area contributed by atoms with Gasteiger partial charge in [-0.25, -0.2) is 4.79 Å². The van der Waals surface area contributed by atoms with E-state index in [1.54, 1.807) is 4.90 Å². The van der Waals surface area contributed by atoms with E-state index >= 15 is 0 Å². The van der Waals surface area contributed by atoms with Gasteiger partial charge >= 0.3 is 5.97 Å². The van der Waals surface area contributed by atoms with Crippen LogP contribution in [0.3, 0.4) is 0 Å². The number of carbonyl (C=O) groups excluding carboxylic acids is 3. The third-order valence-electron chi connectivity index (χ3n) is 4.98. The molecule has 0 unspecified atom stereocenters. The van der Waals surface area contributed by atoms with Crippen molar-refractivity contribution < 1.29 is 19.1 Å². The van der Waals surface area contributed by atoms with Gasteiger partial charge in [0.1, 0.15) is 18.7 Å². The van der Waals surface area contributed by atoms with Gasteiger partial charge in [0.15, 0.2) is 0 Å². The Morgan fingerprint density at radius 3 is 2.63 bits per heavy atom. The maximum absolute atomic E-state index is 12.8. The number of amides is 2. The van der Waals surface area contributed by atoms with Crippen molar-refractivity contribution >= 4 is 33.7 Å². The van der Waals surface area contributed by atoms with E-state index in [2.05, 4.69) is 21.2 Å². The number of esters is 1. The molecular weight excluding hydrogens is 412 g/mol. The SMILES string of the molecule is CC[C@H](C)[C@H](NC(=O)[C@@H]1CCCN1C(=O)CBr)C(=O)OCc1ccccc1. The lowest BCUT2D eigenvalue weighted by Crippen LogP contribution is -2.53. The van der Waals surface area contributed by atoms with Crippen LogP contribution in [0.5, 0.6) is 0 Å². The predicted octanol–water partition coefficient (Wildman–Crippen LogP) is 2.65. The van der Waals surface area contributed by atoms with Crippen molar-refractivity contribution in [3.63, 3.8) is 0 Å². The highest BCUT2D eigenvalue weighted by Gasteiger charge is 2.36. The van der Waals surface area contributed by atoms with E-state index in [9.17, 15) is 14.4 Å². The van der Waals surface area contributed by atoms with Gasteiger partial charge in [-0.05, 0) is 24.3 Å². The first-order valence-corrected chi connectivity index (χ1v) is 10.5. The van der Waals surface area contributed by atoms with Crippen molar-refractivity contribution in [1.82, 2.24) is 10.2 Å². The summed E-state index contributed by atoms with van der Waals surface area (Å²) in [6.45, 7) is 4.60. The summed E-state index contributed by atoms with van der Waals surface area (Å²) in [5, 5.41) is 3.02. The van der Waals surface area contributed by atoms with E-state index in [0.717, 1.165) is 18.4 Å². The molecule has 27 heavy (non-hydrogen) atoms. The van der Waals surface area contributed by atoms with E-state index < -0.39 is 18.1 Å². The van der Waals surface area contributed by atoms with Crippen LogP contribution >= 0.6 is 15.9 Å². The lowest BCUT2D eigenvalue weighted by atomic mass is 9.98. The summed E-state index contributed by atoms with van der Waals surface area (Å²) in [7, 11) is 0. The topological polar surface area (TPSA) is 75.7 Å². The van der Waals surface area contributed by atoms with Gasteiger partial charge in [0.2, 0.25) is 11.8 Å². The van der Waals surface area contributed by atoms with Gasteiger partial charge in [0.05, 0.1) is 5.33 Å². The number of alkyl halides is 1. The minimum atomic E-state index is -0.729. The Kier molecular flexibility index (Phi) is 8.28. The van der Waals surface area contributed by atoms with Crippen LogP contribution in [0.4, 0.5) is 0 Å². The molecule has 1 heterocycles. The van der Waals surface area contributed by atoms with Crippen molar-refractivity contribution in [2.24, 2.45) is 5.92 Å². The lowest BCUT2D eigenvalue weighted by Gasteiger charge is -2.27. The van der Waals surface area contributed by atoms with Gasteiger partial charge in [-0.15, -0.1) is 0 Å². The Balaban J connectivity index is 2.01. The van der Waals surface area contributed by atoms with Crippen LogP contribution in [0.2, 0.25) is 0 Å². The summed E-state index contributed by atoms with van der Waals surface area (Å²) in [5.74, 6) is -0.917. The molecule has 7 heteroatoms. The first kappa shape index (κ1) is 21.4. The molecule has 0 spiro atoms. The van der Waals surface area contributed by atoms with Crippen molar-refractivity contribution in [2.75, 3.05) is 11.9 Å². The molecule has 1 N–H and O–H groups in total. The van der Waals surface area contributed by atoms with Crippen molar-refractivity contribution in [1.29, 1.82) is 0 Å². The van der Waals surface area contributed by atoms with E-state index in [4.69, 9.17) is 4.74 Å². The summed E-state index contributed by atoms with van der Waals surface area (Å²) in [4.78, 5) is 39.0. The molecule has 1 aromatic carbocycles. The number of nitrogens with one attached hydrogen (secondary N) is 1. The van der Waals surface area contributed by atoms with E-state index in [1.807, 2.05) is 44.2 Å². The molecule has 0 aromatic heterocycles. The Labute approximate surface area is 168 Å². The van der Waals surface area contributed by atoms with Crippen LogP contribution in [-0.2, 0) is 25.7 Å². The zero-order chi connectivity index (χ0) is 19.8. The smallest absolute Gasteiger partial charge is 0.329 e. The highest BCUT2D eigenvalue weighted by molar-refractivity contribution is 9.09. The second kappa shape index (κ2) is 10.4. The highest BCUT2D eigenvalue weighted by Crippen LogP contribution is 2.19. The number of benzene rings is 1. The third kappa shape index (κ3) is 5.79. The monoisotopic (exact) mass is 438 g/mol. The molecule has 0 aliphatic carbocycles. The summed E-state index contributed by atoms with van der Waals surface area (Å²) in [6.07, 6.45) is 2.11. The quantitative estimate of drug-likeness (QED) is 0.499. The Bertz CT molecular complexity index is 653. The van der Waals surface area contributed by atoms with Gasteiger partial charge < -0.3 is 15.0 Å². The number of nitrogens with zero attached hydrogens (tertiary/aromatic N) is 1. The second-order valence-corrected chi connectivity index (χ2v) is 7.40. The fourth-order valence-electron chi connectivity index (χ4n) is 3.15. The highest BCUT2D eigenvalue weighted by atomic mass is 79.9. The number of ether oxygens (including phenoxy) is 1. The molecule has 0 radical (unpaired) electrons. The number of rotatable bonds is 8. The van der Waals surface area contributed by atoms with Gasteiger partial charge in [-0.2, -0.15) is 0 Å². The molecule has 3 atom stereocenters. The van der Waals surface area contributed by atoms with Crippen molar-refractivity contribution in [3.8, 4) is 0 Å². The predicted molar refractivity (Wildman–Crippen MR) is 106 cm³/mol. The zero-order valence-corrected chi connectivity index (χ0v) is 17.4. The summed E-state index contributed by atoms with van der Waals surface area (Å²) in [6, 6.07) is 8.17. The lowest BCUT2D eigenvalue weighted by molar-refractivity contribution is -0.151. The van der Waals surface area contributed by atoms with E-state index in [-0.39, 0.29) is 29.7 Å². The van der Waals surface area contributed by atoms with Crippen LogP contribution in [0.1, 0.15) is 38.7 Å². The third-order valence-corrected chi connectivity index (χ3v) is 5.46. The molecule has 1 aromatic rings. The average molecular weight is 439 g/mol. The number of likely N-dealkylation sites (tertiary alicyclic amines) is 1. The minimum absolute atomic E-state index is 0.0704. The maximum atomic E-state index is 12.8. The Morgan fingerprint density at radius 1 is 1.30 bits per heavy atom. The Morgan fingerprint density at radius 2 is 2.00 bits per heavy atom. The first-order chi connectivity index (χ1) is 13.0. The van der Waals surface area contributed by atoms with Gasteiger partial charge in [-0.3, -0.25) is 9.59 Å². The minimum Gasteiger partial charge on any atom is -0.459 e. The summed E-state index contributed by atoms with van der Waals surface area (Å²) >= 11 is 3.16. The van der Waals surface area contributed by atoms with Gasteiger partial charge in [-0.1, -0.05) is 66.5 Å². The molecule has 1 aliphatic rings. The molecule has 148 valence electrons. The van der Waals surface area contributed by atoms with E-state index in [0.29, 0.717) is 13.0 Å². The largest absolute Gasteiger partial charge is 0.459 e. The van der Waals surface area contributed by atoms with Crippen LogP contribution in [0.25, 0.3) is 0 Å². The number of hydrogen-bond acceptors (Lipinski definition) is 4. The van der Waals surface area contributed by atoms with Crippen LogP contribution in [0, 0.1) is 5.92 Å². The number of hydrogen-bond donors (Lipinski definition) is 1. The van der Waals surface area contributed by atoms with Crippen molar-refractivity contribution in [2.45, 2.75) is 51.8 Å². The molecule has 6 nitrogen and oxygen atoms in total. The molecular formula is C20H27BrN2O4. The summed E-state index contributed by atoms with van der Waals surface area (Å²) in [5.41, 5.74) is 0.893. The number of carbonyl (C=O) groups is 3. The van der Waals surface area contributed by atoms with Crippen molar-refractivity contribution in [3.05, 3.63) is 35.9 Å². The first-order valence-electron chi connectivity index (χ1n) is 9.34. The number of halogens is 1. The maximum Gasteiger partial charge on any atom is 0.329 e. The molecule has 1 fully saturated rings. The molecule has 2 rings (SSSR count). The van der Waals surface area contributed by atoms with Crippen LogP contribution in [-0.4, -0.2) is 46.6 Å². The standard InChI is InChI=1S/C20H27BrN2O4/c1-3-14(2)18(20(26)27-13-15-8-5-4-6-9-15)22-19(25)16-10-7-11-23(16)17(24)12-21/h4-6,8-9,14,16,18H,3,7,10-13H2,1-2H3,(H,22,25)/t14-,16-,18-/m0/s1. The Hall–Kier alpha value is -1.89. The normalized spacial score (nSPS) is 18.6. The van der Waals surface area contributed by atoms with Crippen LogP contribution in [0.15, 0.2) is 30.3 Å². The zero-order valence-electron chi connectivity index (χ0n) is 15.8. The molecule has 1 aliphatic heterocycles. The van der Waals surface area contributed by atoms with E-state index in [1.165, 1.54) is 0 Å².